The third-order valence-electron chi connectivity index (χ3n) is 3.05. The van der Waals surface area contributed by atoms with Crippen molar-refractivity contribution in [2.24, 2.45) is 5.41 Å². The van der Waals surface area contributed by atoms with Crippen molar-refractivity contribution < 1.29 is 0 Å². The molecule has 1 aromatic rings. The van der Waals surface area contributed by atoms with Gasteiger partial charge in [-0.05, 0) is 47.7 Å². The fourth-order valence-corrected chi connectivity index (χ4v) is 2.72. The van der Waals surface area contributed by atoms with Crippen LogP contribution in [-0.4, -0.2) is 18.5 Å². The molecule has 0 aliphatic heterocycles. The Hall–Kier alpha value is -0.850. The molecule has 0 radical (unpaired) electrons. The molecule has 1 saturated carbocycles. The van der Waals surface area contributed by atoms with E-state index in [9.17, 15) is 0 Å². The Kier molecular flexibility index (Phi) is 3.08. The summed E-state index contributed by atoms with van der Waals surface area (Å²) >= 11 is 1.75. The Morgan fingerprint density at radius 2 is 2.40 bits per heavy atom. The molecular formula is C12H16N2S. The molecule has 0 aromatic carbocycles. The first-order valence-electron chi connectivity index (χ1n) is 5.31. The van der Waals surface area contributed by atoms with Gasteiger partial charge in [-0.2, -0.15) is 16.6 Å². The Balaban J connectivity index is 1.83. The molecule has 0 bridgehead atoms. The Labute approximate surface area is 95.1 Å². The van der Waals surface area contributed by atoms with Crippen molar-refractivity contribution in [2.45, 2.75) is 25.8 Å². The van der Waals surface area contributed by atoms with Crippen molar-refractivity contribution in [1.82, 2.24) is 4.90 Å². The van der Waals surface area contributed by atoms with Gasteiger partial charge in [0, 0.05) is 19.5 Å². The number of hydrogen-bond donors (Lipinski definition) is 0. The van der Waals surface area contributed by atoms with Crippen LogP contribution < -0.4 is 0 Å². The predicted molar refractivity (Wildman–Crippen MR) is 62.6 cm³/mol. The molecule has 0 spiro atoms. The van der Waals surface area contributed by atoms with Gasteiger partial charge in [0.05, 0.1) is 6.07 Å². The molecule has 1 heterocycles. The summed E-state index contributed by atoms with van der Waals surface area (Å²) in [7, 11) is 2.15. The van der Waals surface area contributed by atoms with Gasteiger partial charge in [0.15, 0.2) is 0 Å². The van der Waals surface area contributed by atoms with Crippen LogP contribution in [0.1, 0.15) is 24.8 Å². The van der Waals surface area contributed by atoms with Crippen LogP contribution in [0.3, 0.4) is 0 Å². The van der Waals surface area contributed by atoms with E-state index in [2.05, 4.69) is 34.8 Å². The average molecular weight is 220 g/mol. The van der Waals surface area contributed by atoms with Gasteiger partial charge in [-0.15, -0.1) is 0 Å². The lowest BCUT2D eigenvalue weighted by Crippen LogP contribution is -2.26. The molecule has 3 heteroatoms. The third-order valence-corrected chi connectivity index (χ3v) is 3.78. The minimum absolute atomic E-state index is 0.333. The van der Waals surface area contributed by atoms with E-state index in [1.807, 2.05) is 0 Å². The fraction of sp³-hybridized carbons (Fsp3) is 0.583. The van der Waals surface area contributed by atoms with Crippen LogP contribution in [0.4, 0.5) is 0 Å². The van der Waals surface area contributed by atoms with E-state index < -0.39 is 0 Å². The standard InChI is InChI=1S/C12H16N2S/c1-14(8-11-2-7-15-9-11)10-12(3-4-12)5-6-13/h2,7,9H,3-5,8,10H2,1H3. The van der Waals surface area contributed by atoms with E-state index in [-0.39, 0.29) is 0 Å². The first-order chi connectivity index (χ1) is 7.24. The van der Waals surface area contributed by atoms with Crippen LogP contribution in [0.2, 0.25) is 0 Å². The number of thiophene rings is 1. The minimum Gasteiger partial charge on any atom is -0.301 e. The Bertz CT molecular complexity index is 346. The first kappa shape index (κ1) is 10.7. The molecule has 0 unspecified atom stereocenters. The molecule has 15 heavy (non-hydrogen) atoms. The van der Waals surface area contributed by atoms with Crippen LogP contribution in [0, 0.1) is 16.7 Å². The number of nitrogens with zero attached hydrogens (tertiary/aromatic N) is 2. The molecule has 2 nitrogen and oxygen atoms in total. The highest BCUT2D eigenvalue weighted by molar-refractivity contribution is 7.07. The first-order valence-corrected chi connectivity index (χ1v) is 6.25. The van der Waals surface area contributed by atoms with E-state index in [4.69, 9.17) is 5.26 Å². The molecule has 1 aliphatic rings. The average Bonchev–Trinajstić information content (AvgIpc) is 2.75. The summed E-state index contributed by atoms with van der Waals surface area (Å²) in [5.74, 6) is 0. The van der Waals surface area contributed by atoms with Crippen LogP contribution >= 0.6 is 11.3 Å². The van der Waals surface area contributed by atoms with Crippen LogP contribution in [0.25, 0.3) is 0 Å². The van der Waals surface area contributed by atoms with Gasteiger partial charge in [0.25, 0.3) is 0 Å². The highest BCUT2D eigenvalue weighted by Crippen LogP contribution is 2.49. The summed E-state index contributed by atoms with van der Waals surface area (Å²) in [6.45, 7) is 2.08. The zero-order chi connectivity index (χ0) is 10.7. The van der Waals surface area contributed by atoms with E-state index in [0.717, 1.165) is 19.5 Å². The van der Waals surface area contributed by atoms with Crippen LogP contribution in [-0.2, 0) is 6.54 Å². The molecule has 1 aliphatic carbocycles. The van der Waals surface area contributed by atoms with Gasteiger partial charge in [-0.1, -0.05) is 0 Å². The summed E-state index contributed by atoms with van der Waals surface area (Å²) in [6.07, 6.45) is 3.18. The van der Waals surface area contributed by atoms with E-state index in [1.54, 1.807) is 11.3 Å². The van der Waals surface area contributed by atoms with Crippen LogP contribution in [0.5, 0.6) is 0 Å². The van der Waals surface area contributed by atoms with Crippen molar-refractivity contribution in [1.29, 1.82) is 5.26 Å². The second-order valence-electron chi connectivity index (χ2n) is 4.64. The van der Waals surface area contributed by atoms with Crippen molar-refractivity contribution in [2.75, 3.05) is 13.6 Å². The monoisotopic (exact) mass is 220 g/mol. The molecular weight excluding hydrogens is 204 g/mol. The number of nitriles is 1. The lowest BCUT2D eigenvalue weighted by atomic mass is 10.0. The van der Waals surface area contributed by atoms with Crippen molar-refractivity contribution in [3.63, 3.8) is 0 Å². The minimum atomic E-state index is 0.333. The Morgan fingerprint density at radius 1 is 1.60 bits per heavy atom. The highest BCUT2D eigenvalue weighted by Gasteiger charge is 2.42. The maximum atomic E-state index is 8.74. The smallest absolute Gasteiger partial charge is 0.0628 e. The molecule has 80 valence electrons. The molecule has 0 N–H and O–H groups in total. The largest absolute Gasteiger partial charge is 0.301 e. The fourth-order valence-electron chi connectivity index (χ4n) is 2.06. The molecule has 1 aromatic heterocycles. The number of hydrogen-bond acceptors (Lipinski definition) is 3. The van der Waals surface area contributed by atoms with E-state index in [0.29, 0.717) is 5.41 Å². The SMILES string of the molecule is CN(Cc1ccsc1)CC1(CC#N)CC1. The summed E-state index contributed by atoms with van der Waals surface area (Å²) in [5.41, 5.74) is 1.72. The van der Waals surface area contributed by atoms with E-state index >= 15 is 0 Å². The van der Waals surface area contributed by atoms with Crippen molar-refractivity contribution in [3.8, 4) is 6.07 Å². The zero-order valence-electron chi connectivity index (χ0n) is 9.07. The van der Waals surface area contributed by atoms with Gasteiger partial charge >= 0.3 is 0 Å². The maximum absolute atomic E-state index is 8.74. The van der Waals surface area contributed by atoms with Gasteiger partial charge < -0.3 is 4.90 Å². The summed E-state index contributed by atoms with van der Waals surface area (Å²) in [4.78, 5) is 2.34. The Morgan fingerprint density at radius 3 is 2.93 bits per heavy atom. The summed E-state index contributed by atoms with van der Waals surface area (Å²) in [5, 5.41) is 13.1. The topological polar surface area (TPSA) is 27.0 Å². The molecule has 0 amide bonds. The molecule has 1 fully saturated rings. The van der Waals surface area contributed by atoms with Gasteiger partial charge in [0.1, 0.15) is 0 Å². The predicted octanol–water partition coefficient (Wildman–Crippen LogP) is 2.87. The summed E-state index contributed by atoms with van der Waals surface area (Å²) in [6, 6.07) is 4.48. The van der Waals surface area contributed by atoms with Gasteiger partial charge in [-0.25, -0.2) is 0 Å². The molecule has 0 atom stereocenters. The van der Waals surface area contributed by atoms with Crippen molar-refractivity contribution in [3.05, 3.63) is 22.4 Å². The van der Waals surface area contributed by atoms with Crippen molar-refractivity contribution >= 4 is 11.3 Å². The van der Waals surface area contributed by atoms with Gasteiger partial charge in [-0.3, -0.25) is 0 Å². The normalized spacial score (nSPS) is 17.7. The highest BCUT2D eigenvalue weighted by atomic mass is 32.1. The lowest BCUT2D eigenvalue weighted by Gasteiger charge is -2.21. The lowest BCUT2D eigenvalue weighted by molar-refractivity contribution is 0.258. The second-order valence-corrected chi connectivity index (χ2v) is 5.42. The second kappa shape index (κ2) is 4.34. The molecule has 0 saturated heterocycles. The maximum Gasteiger partial charge on any atom is 0.0628 e. The third kappa shape index (κ3) is 2.80. The zero-order valence-corrected chi connectivity index (χ0v) is 9.89. The van der Waals surface area contributed by atoms with Crippen LogP contribution in [0.15, 0.2) is 16.8 Å². The summed E-state index contributed by atoms with van der Waals surface area (Å²) < 4.78 is 0. The van der Waals surface area contributed by atoms with Gasteiger partial charge in [0.2, 0.25) is 0 Å². The quantitative estimate of drug-likeness (QED) is 0.763. The number of rotatable bonds is 5. The van der Waals surface area contributed by atoms with E-state index in [1.165, 1.54) is 18.4 Å². The molecule has 2 rings (SSSR count).